The van der Waals surface area contributed by atoms with E-state index in [9.17, 15) is 0 Å². The molecule has 1 aliphatic heterocycles. The Kier molecular flexibility index (Phi) is 4.57. The summed E-state index contributed by atoms with van der Waals surface area (Å²) < 4.78 is 2.02. The zero-order valence-electron chi connectivity index (χ0n) is 16.0. The molecule has 29 heavy (non-hydrogen) atoms. The number of nitrogens with one attached hydrogen (secondary N) is 2. The molecule has 4 N–H and O–H groups in total. The lowest BCUT2D eigenvalue weighted by Crippen LogP contribution is -2.32. The van der Waals surface area contributed by atoms with Crippen LogP contribution in [0, 0.1) is 0 Å². The third-order valence-corrected chi connectivity index (χ3v) is 5.36. The second kappa shape index (κ2) is 7.52. The molecule has 7 nitrogen and oxygen atoms in total. The summed E-state index contributed by atoms with van der Waals surface area (Å²) in [7, 11) is 0. The standard InChI is InChI=1S/C22H23N7/c23-21-19-20(15-8-10-17(11-9-15)27-16-5-2-1-3-6-16)28-29(22(19)26-14-25-21)18-7-4-12-24-13-18/h1-3,5-6,8-11,14,18,24,27H,4,7,12-13H2,(H2,23,25,26). The van der Waals surface area contributed by atoms with Crippen LogP contribution in [0.25, 0.3) is 22.3 Å². The van der Waals surface area contributed by atoms with E-state index in [4.69, 9.17) is 10.8 Å². The summed E-state index contributed by atoms with van der Waals surface area (Å²) in [6, 6.07) is 18.6. The van der Waals surface area contributed by atoms with Crippen LogP contribution in [0.5, 0.6) is 0 Å². The monoisotopic (exact) mass is 385 g/mol. The van der Waals surface area contributed by atoms with Gasteiger partial charge in [-0.25, -0.2) is 14.6 Å². The lowest BCUT2D eigenvalue weighted by molar-refractivity contribution is 0.354. The number of nitrogens with zero attached hydrogens (tertiary/aromatic N) is 4. The lowest BCUT2D eigenvalue weighted by atomic mass is 10.1. The smallest absolute Gasteiger partial charge is 0.164 e. The first-order valence-electron chi connectivity index (χ1n) is 9.91. The largest absolute Gasteiger partial charge is 0.383 e. The fourth-order valence-corrected chi connectivity index (χ4v) is 3.89. The van der Waals surface area contributed by atoms with Crippen LogP contribution in [0.3, 0.4) is 0 Å². The summed E-state index contributed by atoms with van der Waals surface area (Å²) in [5.41, 5.74) is 10.9. The highest BCUT2D eigenvalue weighted by Crippen LogP contribution is 2.33. The molecule has 2 aromatic carbocycles. The maximum atomic E-state index is 6.24. The van der Waals surface area contributed by atoms with Crippen LogP contribution in [0.1, 0.15) is 18.9 Å². The summed E-state index contributed by atoms with van der Waals surface area (Å²) in [6.45, 7) is 1.94. The first-order valence-corrected chi connectivity index (χ1v) is 9.91. The van der Waals surface area contributed by atoms with Crippen molar-refractivity contribution in [3.8, 4) is 11.3 Å². The van der Waals surface area contributed by atoms with Crippen LogP contribution in [0.2, 0.25) is 0 Å². The molecular formula is C22H23N7. The van der Waals surface area contributed by atoms with Crippen molar-refractivity contribution in [3.05, 3.63) is 60.9 Å². The van der Waals surface area contributed by atoms with Gasteiger partial charge in [-0.3, -0.25) is 0 Å². The highest BCUT2D eigenvalue weighted by molar-refractivity contribution is 5.98. The first kappa shape index (κ1) is 17.6. The molecule has 1 unspecified atom stereocenters. The predicted octanol–water partition coefficient (Wildman–Crippen LogP) is 3.74. The van der Waals surface area contributed by atoms with Crippen LogP contribution in [-0.2, 0) is 0 Å². The minimum absolute atomic E-state index is 0.272. The number of nitrogen functional groups attached to an aromatic ring is 1. The zero-order valence-corrected chi connectivity index (χ0v) is 16.0. The van der Waals surface area contributed by atoms with Gasteiger partial charge in [0.1, 0.15) is 17.8 Å². The number of anilines is 3. The highest BCUT2D eigenvalue weighted by atomic mass is 15.3. The zero-order chi connectivity index (χ0) is 19.6. The molecule has 0 radical (unpaired) electrons. The second-order valence-electron chi connectivity index (χ2n) is 7.32. The van der Waals surface area contributed by atoms with Crippen LogP contribution in [0.4, 0.5) is 17.2 Å². The SMILES string of the molecule is Nc1ncnc2c1c(-c1ccc(Nc3ccccc3)cc1)nn2C1CCCNC1. The van der Waals surface area contributed by atoms with E-state index in [0.717, 1.165) is 59.6 Å². The Morgan fingerprint density at radius 1 is 1.00 bits per heavy atom. The van der Waals surface area contributed by atoms with Crippen molar-refractivity contribution in [2.24, 2.45) is 0 Å². The van der Waals surface area contributed by atoms with Crippen molar-refractivity contribution in [2.75, 3.05) is 24.1 Å². The Bertz CT molecular complexity index is 1110. The molecule has 0 saturated carbocycles. The summed E-state index contributed by atoms with van der Waals surface area (Å²) in [5.74, 6) is 0.464. The summed E-state index contributed by atoms with van der Waals surface area (Å²) in [4.78, 5) is 8.72. The molecule has 4 aromatic rings. The highest BCUT2D eigenvalue weighted by Gasteiger charge is 2.23. The second-order valence-corrected chi connectivity index (χ2v) is 7.32. The molecule has 1 atom stereocenters. The van der Waals surface area contributed by atoms with Gasteiger partial charge in [0.25, 0.3) is 0 Å². The van der Waals surface area contributed by atoms with Crippen LogP contribution >= 0.6 is 0 Å². The van der Waals surface area contributed by atoms with Gasteiger partial charge in [0.2, 0.25) is 0 Å². The van der Waals surface area contributed by atoms with E-state index in [-0.39, 0.29) is 6.04 Å². The van der Waals surface area contributed by atoms with Gasteiger partial charge in [-0.2, -0.15) is 5.10 Å². The van der Waals surface area contributed by atoms with E-state index in [1.807, 2.05) is 35.0 Å². The predicted molar refractivity (Wildman–Crippen MR) is 116 cm³/mol. The van der Waals surface area contributed by atoms with Crippen molar-refractivity contribution in [1.29, 1.82) is 0 Å². The number of hydrogen-bond donors (Lipinski definition) is 3. The number of nitrogens with two attached hydrogens (primary N) is 1. The fraction of sp³-hybridized carbons (Fsp3) is 0.227. The number of piperidine rings is 1. The average Bonchev–Trinajstić information content (AvgIpc) is 3.17. The summed E-state index contributed by atoms with van der Waals surface area (Å²) in [5, 5.41) is 12.6. The maximum absolute atomic E-state index is 6.24. The Morgan fingerprint density at radius 3 is 2.55 bits per heavy atom. The molecule has 1 saturated heterocycles. The minimum Gasteiger partial charge on any atom is -0.383 e. The number of benzene rings is 2. The van der Waals surface area contributed by atoms with Crippen LogP contribution in [-0.4, -0.2) is 32.8 Å². The molecule has 3 heterocycles. The molecule has 5 rings (SSSR count). The van der Waals surface area contributed by atoms with Gasteiger partial charge in [0.05, 0.1) is 11.4 Å². The van der Waals surface area contributed by atoms with Gasteiger partial charge < -0.3 is 16.4 Å². The normalized spacial score (nSPS) is 16.8. The van der Waals surface area contributed by atoms with Gasteiger partial charge in [-0.15, -0.1) is 0 Å². The first-order chi connectivity index (χ1) is 14.3. The van der Waals surface area contributed by atoms with Gasteiger partial charge in [0.15, 0.2) is 5.65 Å². The maximum Gasteiger partial charge on any atom is 0.164 e. The Morgan fingerprint density at radius 2 is 1.79 bits per heavy atom. The molecule has 0 amide bonds. The van der Waals surface area contributed by atoms with Gasteiger partial charge in [-0.1, -0.05) is 30.3 Å². The molecule has 1 fully saturated rings. The Hall–Kier alpha value is -3.45. The number of rotatable bonds is 4. The van der Waals surface area contributed by atoms with E-state index in [0.29, 0.717) is 5.82 Å². The van der Waals surface area contributed by atoms with Crippen LogP contribution in [0.15, 0.2) is 60.9 Å². The Balaban J connectivity index is 1.52. The van der Waals surface area contributed by atoms with Crippen molar-refractivity contribution in [1.82, 2.24) is 25.1 Å². The molecule has 0 aliphatic carbocycles. The average molecular weight is 385 g/mol. The lowest BCUT2D eigenvalue weighted by Gasteiger charge is -2.23. The summed E-state index contributed by atoms with van der Waals surface area (Å²) in [6.07, 6.45) is 3.72. The molecule has 146 valence electrons. The van der Waals surface area contributed by atoms with E-state index >= 15 is 0 Å². The van der Waals surface area contributed by atoms with Crippen molar-refractivity contribution < 1.29 is 0 Å². The van der Waals surface area contributed by atoms with Crippen molar-refractivity contribution >= 4 is 28.2 Å². The van der Waals surface area contributed by atoms with Gasteiger partial charge >= 0.3 is 0 Å². The topological polar surface area (TPSA) is 93.7 Å². The third-order valence-electron chi connectivity index (χ3n) is 5.36. The number of hydrogen-bond acceptors (Lipinski definition) is 6. The van der Waals surface area contributed by atoms with Gasteiger partial charge in [-0.05, 0) is 43.7 Å². The molecule has 2 aromatic heterocycles. The third kappa shape index (κ3) is 3.40. The van der Waals surface area contributed by atoms with E-state index < -0.39 is 0 Å². The van der Waals surface area contributed by atoms with Crippen molar-refractivity contribution in [2.45, 2.75) is 18.9 Å². The fourth-order valence-electron chi connectivity index (χ4n) is 3.89. The van der Waals surface area contributed by atoms with Crippen LogP contribution < -0.4 is 16.4 Å². The van der Waals surface area contributed by atoms with Crippen molar-refractivity contribution in [3.63, 3.8) is 0 Å². The molecule has 0 bridgehead atoms. The van der Waals surface area contributed by atoms with E-state index in [1.165, 1.54) is 6.33 Å². The van der Waals surface area contributed by atoms with E-state index in [1.54, 1.807) is 0 Å². The molecule has 1 aliphatic rings. The molecule has 7 heteroatoms. The quantitative estimate of drug-likeness (QED) is 0.495. The number of aromatic nitrogens is 4. The van der Waals surface area contributed by atoms with Gasteiger partial charge in [0, 0.05) is 23.5 Å². The molecular weight excluding hydrogens is 362 g/mol. The summed E-state index contributed by atoms with van der Waals surface area (Å²) >= 11 is 0. The van der Waals surface area contributed by atoms with E-state index in [2.05, 4.69) is 44.9 Å². The molecule has 0 spiro atoms. The number of para-hydroxylation sites is 1. The minimum atomic E-state index is 0.272. The number of fused-ring (bicyclic) bond motifs is 1. The Labute approximate surface area is 169 Å².